The molecule has 1 aliphatic carbocycles. The molecular weight excluding hydrogens is 254 g/mol. The topological polar surface area (TPSA) is 36.4 Å². The van der Waals surface area contributed by atoms with Gasteiger partial charge in [-0.3, -0.25) is 4.99 Å². The molecular formula is C15H25N3S. The number of rotatable bonds is 6. The second kappa shape index (κ2) is 6.94. The molecule has 2 rings (SSSR count). The Bertz CT molecular complexity index is 400. The van der Waals surface area contributed by atoms with Crippen molar-refractivity contribution in [2.45, 2.75) is 45.1 Å². The minimum absolute atomic E-state index is 0.532. The number of guanidine groups is 1. The van der Waals surface area contributed by atoms with Gasteiger partial charge in [-0.25, -0.2) is 0 Å². The molecule has 106 valence electrons. The molecule has 2 N–H and O–H groups in total. The molecule has 19 heavy (non-hydrogen) atoms. The van der Waals surface area contributed by atoms with Crippen molar-refractivity contribution >= 4 is 17.3 Å². The molecule has 3 atom stereocenters. The highest BCUT2D eigenvalue weighted by Gasteiger charge is 2.36. The first-order valence-electron chi connectivity index (χ1n) is 7.25. The summed E-state index contributed by atoms with van der Waals surface area (Å²) in [4.78, 5) is 5.74. The first kappa shape index (κ1) is 14.4. The highest BCUT2D eigenvalue weighted by atomic mass is 32.1. The van der Waals surface area contributed by atoms with Gasteiger partial charge in [0.2, 0.25) is 0 Å². The van der Waals surface area contributed by atoms with Crippen molar-refractivity contribution in [1.82, 2.24) is 10.6 Å². The molecule has 0 amide bonds. The van der Waals surface area contributed by atoms with E-state index in [-0.39, 0.29) is 0 Å². The van der Waals surface area contributed by atoms with Crippen molar-refractivity contribution in [3.05, 3.63) is 22.4 Å². The summed E-state index contributed by atoms with van der Waals surface area (Å²) in [5, 5.41) is 9.09. The summed E-state index contributed by atoms with van der Waals surface area (Å²) in [7, 11) is 1.85. The lowest BCUT2D eigenvalue weighted by Crippen LogP contribution is -2.40. The van der Waals surface area contributed by atoms with Gasteiger partial charge in [-0.2, -0.15) is 0 Å². The smallest absolute Gasteiger partial charge is 0.191 e. The third-order valence-corrected chi connectivity index (χ3v) is 4.84. The minimum Gasteiger partial charge on any atom is -0.356 e. The summed E-state index contributed by atoms with van der Waals surface area (Å²) < 4.78 is 0. The lowest BCUT2D eigenvalue weighted by atomic mass is 10.1. The van der Waals surface area contributed by atoms with Crippen LogP contribution in [0.2, 0.25) is 0 Å². The van der Waals surface area contributed by atoms with Crippen LogP contribution in [0.1, 0.15) is 43.9 Å². The van der Waals surface area contributed by atoms with Crippen LogP contribution in [0.5, 0.6) is 0 Å². The average Bonchev–Trinajstić information content (AvgIpc) is 2.94. The average molecular weight is 279 g/mol. The van der Waals surface area contributed by atoms with Crippen molar-refractivity contribution in [2.24, 2.45) is 10.9 Å². The zero-order valence-corrected chi connectivity index (χ0v) is 13.0. The Morgan fingerprint density at radius 3 is 3.05 bits per heavy atom. The first-order valence-corrected chi connectivity index (χ1v) is 8.13. The lowest BCUT2D eigenvalue weighted by molar-refractivity contribution is 0.648. The third kappa shape index (κ3) is 4.23. The van der Waals surface area contributed by atoms with E-state index < -0.39 is 0 Å². The molecule has 0 spiro atoms. The number of hydrogen-bond donors (Lipinski definition) is 2. The van der Waals surface area contributed by atoms with Gasteiger partial charge in [-0.15, -0.1) is 11.3 Å². The van der Waals surface area contributed by atoms with Gasteiger partial charge >= 0.3 is 0 Å². The summed E-state index contributed by atoms with van der Waals surface area (Å²) >= 11 is 1.82. The van der Waals surface area contributed by atoms with Gasteiger partial charge in [0, 0.05) is 30.4 Å². The summed E-state index contributed by atoms with van der Waals surface area (Å²) in [6, 6.07) is 4.96. The van der Waals surface area contributed by atoms with E-state index in [0.717, 1.165) is 18.4 Å². The highest BCUT2D eigenvalue weighted by Crippen LogP contribution is 2.34. The summed E-state index contributed by atoms with van der Waals surface area (Å²) in [6.45, 7) is 5.44. The van der Waals surface area contributed by atoms with E-state index in [1.807, 2.05) is 18.4 Å². The van der Waals surface area contributed by atoms with E-state index in [9.17, 15) is 0 Å². The van der Waals surface area contributed by atoms with Crippen LogP contribution in [0.25, 0.3) is 0 Å². The molecule has 1 aliphatic rings. The van der Waals surface area contributed by atoms with Crippen molar-refractivity contribution < 1.29 is 0 Å². The molecule has 0 saturated heterocycles. The minimum atomic E-state index is 0.532. The Morgan fingerprint density at radius 1 is 1.58 bits per heavy atom. The van der Waals surface area contributed by atoms with E-state index in [2.05, 4.69) is 47.0 Å². The Labute approximate surface area is 120 Å². The molecule has 1 heterocycles. The summed E-state index contributed by atoms with van der Waals surface area (Å²) in [5.41, 5.74) is 0. The molecule has 3 unspecified atom stereocenters. The van der Waals surface area contributed by atoms with Crippen LogP contribution in [0, 0.1) is 5.92 Å². The maximum absolute atomic E-state index is 4.31. The third-order valence-electron chi connectivity index (χ3n) is 3.73. The van der Waals surface area contributed by atoms with Crippen LogP contribution in [0.3, 0.4) is 0 Å². The SMILES string of the molecule is CCCC1CC1NC(=NC)NCC(C)c1cccs1. The second-order valence-corrected chi connectivity index (χ2v) is 6.38. The standard InChI is InChI=1S/C15H25N3S/c1-4-6-12-9-13(12)18-15(16-3)17-10-11(2)14-7-5-8-19-14/h5,7-8,11-13H,4,6,9-10H2,1-3H3,(H2,16,17,18). The molecule has 3 nitrogen and oxygen atoms in total. The molecule has 1 aromatic rings. The van der Waals surface area contributed by atoms with E-state index in [0.29, 0.717) is 12.0 Å². The van der Waals surface area contributed by atoms with Gasteiger partial charge in [-0.05, 0) is 30.2 Å². The van der Waals surface area contributed by atoms with Crippen molar-refractivity contribution in [3.63, 3.8) is 0 Å². The Hall–Kier alpha value is -1.03. The van der Waals surface area contributed by atoms with Gasteiger partial charge in [0.25, 0.3) is 0 Å². The monoisotopic (exact) mass is 279 g/mol. The number of hydrogen-bond acceptors (Lipinski definition) is 2. The normalized spacial score (nSPS) is 24.1. The second-order valence-electron chi connectivity index (χ2n) is 5.40. The van der Waals surface area contributed by atoms with E-state index in [1.165, 1.54) is 24.1 Å². The zero-order valence-electron chi connectivity index (χ0n) is 12.1. The highest BCUT2D eigenvalue weighted by molar-refractivity contribution is 7.10. The molecule has 0 aromatic carbocycles. The molecule has 0 bridgehead atoms. The van der Waals surface area contributed by atoms with E-state index in [1.54, 1.807) is 0 Å². The Kier molecular flexibility index (Phi) is 5.25. The van der Waals surface area contributed by atoms with Gasteiger partial charge in [0.15, 0.2) is 5.96 Å². The van der Waals surface area contributed by atoms with E-state index >= 15 is 0 Å². The Balaban J connectivity index is 1.72. The molecule has 1 aromatic heterocycles. The molecule has 0 radical (unpaired) electrons. The number of thiophene rings is 1. The zero-order chi connectivity index (χ0) is 13.7. The largest absolute Gasteiger partial charge is 0.356 e. The van der Waals surface area contributed by atoms with E-state index in [4.69, 9.17) is 0 Å². The fraction of sp³-hybridized carbons (Fsp3) is 0.667. The molecule has 0 aliphatic heterocycles. The van der Waals surface area contributed by atoms with Crippen molar-refractivity contribution in [2.75, 3.05) is 13.6 Å². The molecule has 4 heteroatoms. The fourth-order valence-corrected chi connectivity index (χ4v) is 3.19. The van der Waals surface area contributed by atoms with Crippen LogP contribution in [0.15, 0.2) is 22.5 Å². The number of nitrogens with zero attached hydrogens (tertiary/aromatic N) is 1. The first-order chi connectivity index (χ1) is 9.24. The maximum atomic E-state index is 4.31. The van der Waals surface area contributed by atoms with Crippen LogP contribution in [0.4, 0.5) is 0 Å². The van der Waals surface area contributed by atoms with Crippen molar-refractivity contribution in [1.29, 1.82) is 0 Å². The maximum Gasteiger partial charge on any atom is 0.191 e. The summed E-state index contributed by atoms with van der Waals surface area (Å²) in [6.07, 6.45) is 3.92. The van der Waals surface area contributed by atoms with Gasteiger partial charge in [-0.1, -0.05) is 26.3 Å². The predicted molar refractivity (Wildman–Crippen MR) is 84.0 cm³/mol. The van der Waals surface area contributed by atoms with Crippen LogP contribution >= 0.6 is 11.3 Å². The quantitative estimate of drug-likeness (QED) is 0.620. The number of nitrogens with one attached hydrogen (secondary N) is 2. The fourth-order valence-electron chi connectivity index (χ4n) is 2.41. The van der Waals surface area contributed by atoms with Crippen LogP contribution in [-0.4, -0.2) is 25.6 Å². The van der Waals surface area contributed by atoms with Gasteiger partial charge < -0.3 is 10.6 Å². The molecule has 1 fully saturated rings. The van der Waals surface area contributed by atoms with Gasteiger partial charge in [0.1, 0.15) is 0 Å². The van der Waals surface area contributed by atoms with Crippen LogP contribution in [-0.2, 0) is 0 Å². The Morgan fingerprint density at radius 2 is 2.42 bits per heavy atom. The lowest BCUT2D eigenvalue weighted by Gasteiger charge is -2.15. The predicted octanol–water partition coefficient (Wildman–Crippen LogP) is 3.21. The van der Waals surface area contributed by atoms with Gasteiger partial charge in [0.05, 0.1) is 0 Å². The van der Waals surface area contributed by atoms with Crippen LogP contribution < -0.4 is 10.6 Å². The number of aliphatic imine (C=N–C) groups is 1. The van der Waals surface area contributed by atoms with Crippen molar-refractivity contribution in [3.8, 4) is 0 Å². The summed E-state index contributed by atoms with van der Waals surface area (Å²) in [5.74, 6) is 2.34. The molecule has 1 saturated carbocycles.